The molecule has 1 aliphatic rings. The van der Waals surface area contributed by atoms with Gasteiger partial charge in [-0.15, -0.1) is 0 Å². The van der Waals surface area contributed by atoms with E-state index in [0.29, 0.717) is 6.42 Å². The van der Waals surface area contributed by atoms with E-state index in [0.717, 1.165) is 6.20 Å². The third-order valence-electron chi connectivity index (χ3n) is 1.10. The molecule has 0 spiro atoms. The second-order valence-electron chi connectivity index (χ2n) is 2.13. The molecule has 0 aliphatic carbocycles. The van der Waals surface area contributed by atoms with Gasteiger partial charge in [0.25, 0.3) is 0 Å². The second-order valence-corrected chi connectivity index (χ2v) is 2.13. The van der Waals surface area contributed by atoms with Gasteiger partial charge < -0.3 is 0 Å². The third kappa shape index (κ3) is 3.80. The van der Waals surface area contributed by atoms with Crippen LogP contribution in [0.2, 0.25) is 0 Å². The normalized spacial score (nSPS) is 13.7. The Balaban J connectivity index is 0.000000132. The molecule has 6 nitrogen and oxygen atoms in total. The van der Waals surface area contributed by atoms with Gasteiger partial charge in [0.05, 0.1) is 6.21 Å². The molecule has 0 radical (unpaired) electrons. The summed E-state index contributed by atoms with van der Waals surface area (Å²) in [5, 5.41) is 5.04. The molecule has 0 saturated carbocycles. The van der Waals surface area contributed by atoms with Gasteiger partial charge in [0.15, 0.2) is 5.78 Å². The minimum atomic E-state index is -0.310. The molecule has 1 aromatic heterocycles. The first-order valence-electron chi connectivity index (χ1n) is 3.49. The van der Waals surface area contributed by atoms with E-state index in [-0.39, 0.29) is 11.3 Å². The number of aliphatic imine (C=N–C) groups is 1. The largest absolute Gasteiger partial charge is 0.300 e. The summed E-state index contributed by atoms with van der Waals surface area (Å²) in [6.45, 7) is 0. The highest BCUT2D eigenvalue weighted by Crippen LogP contribution is 1.89. The van der Waals surface area contributed by atoms with Crippen molar-refractivity contribution in [2.45, 2.75) is 6.42 Å². The Labute approximate surface area is 72.9 Å². The minimum Gasteiger partial charge on any atom is -0.293 e. The van der Waals surface area contributed by atoms with Crippen molar-refractivity contribution in [1.29, 1.82) is 0 Å². The second kappa shape index (κ2) is 4.81. The van der Waals surface area contributed by atoms with E-state index >= 15 is 0 Å². The van der Waals surface area contributed by atoms with Crippen LogP contribution in [0.15, 0.2) is 32.9 Å². The Morgan fingerprint density at radius 3 is 2.54 bits per heavy atom. The Bertz CT molecular complexity index is 358. The number of hydrogen-bond acceptors (Lipinski definition) is 5. The van der Waals surface area contributed by atoms with Crippen LogP contribution in [0.4, 0.5) is 0 Å². The number of aromatic nitrogens is 2. The number of hydrogen-bond donors (Lipinski definition) is 1. The maximum absolute atomic E-state index is 10.3. The Hall–Kier alpha value is -1.98. The maximum Gasteiger partial charge on any atom is 0.300 e. The number of nitrogens with zero attached hydrogens (tertiary/aromatic N) is 2. The van der Waals surface area contributed by atoms with E-state index in [4.69, 9.17) is 0 Å². The van der Waals surface area contributed by atoms with E-state index < -0.39 is 0 Å². The lowest BCUT2D eigenvalue weighted by atomic mass is 10.3. The average Bonchev–Trinajstić information content (AvgIpc) is 2.58. The summed E-state index contributed by atoms with van der Waals surface area (Å²) in [5.41, 5.74) is -0.310. The molecule has 0 aromatic carbocycles. The van der Waals surface area contributed by atoms with E-state index in [9.17, 15) is 9.59 Å². The predicted octanol–water partition coefficient (Wildman–Crippen LogP) is -0.0934. The van der Waals surface area contributed by atoms with Crippen molar-refractivity contribution in [2.75, 3.05) is 0 Å². The predicted molar refractivity (Wildman–Crippen MR) is 44.4 cm³/mol. The lowest BCUT2D eigenvalue weighted by Crippen LogP contribution is -1.98. The zero-order chi connectivity index (χ0) is 9.52. The molecule has 0 atom stereocenters. The van der Waals surface area contributed by atoms with Crippen LogP contribution in [0.5, 0.6) is 0 Å². The number of Topliss-reactive ketones (excluding diaryl/α,β-unsaturated/α-hetero) is 1. The number of nitrogens with one attached hydrogen (secondary N) is 1. The number of ketones is 1. The molecule has 0 bridgehead atoms. The van der Waals surface area contributed by atoms with E-state index in [1.54, 1.807) is 12.3 Å². The van der Waals surface area contributed by atoms with Gasteiger partial charge in [0.2, 0.25) is 0 Å². The van der Waals surface area contributed by atoms with Crippen molar-refractivity contribution >= 4 is 12.0 Å². The molecule has 0 amide bonds. The van der Waals surface area contributed by atoms with E-state index in [1.165, 1.54) is 6.21 Å². The van der Waals surface area contributed by atoms with Gasteiger partial charge in [0.1, 0.15) is 6.20 Å². The van der Waals surface area contributed by atoms with Crippen LogP contribution in [-0.4, -0.2) is 22.3 Å². The highest BCUT2D eigenvalue weighted by Gasteiger charge is 1.93. The highest BCUT2D eigenvalue weighted by atomic mass is 16.6. The number of rotatable bonds is 0. The molecule has 0 fully saturated rings. The Kier molecular flexibility index (Phi) is 3.37. The summed E-state index contributed by atoms with van der Waals surface area (Å²) in [6.07, 6.45) is 6.27. The van der Waals surface area contributed by atoms with Gasteiger partial charge in [-0.05, 0) is 0 Å². The van der Waals surface area contributed by atoms with Gasteiger partial charge in [0, 0.05) is 12.6 Å². The lowest BCUT2D eigenvalue weighted by Gasteiger charge is -1.88. The summed E-state index contributed by atoms with van der Waals surface area (Å²) in [6, 6.07) is 0. The summed E-state index contributed by atoms with van der Waals surface area (Å²) in [4.78, 5) is 23.7. The monoisotopic (exact) mass is 181 g/mol. The van der Waals surface area contributed by atoms with Crippen molar-refractivity contribution in [3.8, 4) is 0 Å². The van der Waals surface area contributed by atoms with E-state index in [1.807, 2.05) is 5.16 Å². The van der Waals surface area contributed by atoms with Crippen LogP contribution in [0.25, 0.3) is 0 Å². The fourth-order valence-corrected chi connectivity index (χ4v) is 0.581. The molecular formula is C7H7N3O3. The van der Waals surface area contributed by atoms with E-state index in [2.05, 4.69) is 14.8 Å². The highest BCUT2D eigenvalue weighted by molar-refractivity contribution is 6.28. The van der Waals surface area contributed by atoms with Crippen molar-refractivity contribution in [3.63, 3.8) is 0 Å². The number of carbonyl (C=O) groups is 1. The fourth-order valence-electron chi connectivity index (χ4n) is 0.581. The Morgan fingerprint density at radius 2 is 2.31 bits per heavy atom. The first kappa shape index (κ1) is 9.11. The standard InChI is InChI=1S/C5H5NO.C2H2N2O2/c7-5-2-1-3-6-4-5;5-2-1-3-6-4-2/h1,3-4H,2H2;1H,(H,4,5). The van der Waals surface area contributed by atoms with Gasteiger partial charge in [-0.25, -0.2) is 0 Å². The van der Waals surface area contributed by atoms with Crippen LogP contribution in [0.1, 0.15) is 6.42 Å². The van der Waals surface area contributed by atoms with Gasteiger partial charge in [-0.1, -0.05) is 11.2 Å². The maximum atomic E-state index is 10.3. The first-order chi connectivity index (χ1) is 6.29. The Morgan fingerprint density at radius 1 is 1.46 bits per heavy atom. The minimum absolute atomic E-state index is 0.0856. The summed E-state index contributed by atoms with van der Waals surface area (Å²) >= 11 is 0. The van der Waals surface area contributed by atoms with Gasteiger partial charge in [-0.3, -0.25) is 19.2 Å². The van der Waals surface area contributed by atoms with Crippen LogP contribution in [0, 0.1) is 0 Å². The lowest BCUT2D eigenvalue weighted by molar-refractivity contribution is -0.111. The van der Waals surface area contributed by atoms with Crippen LogP contribution in [-0.2, 0) is 4.79 Å². The molecule has 0 saturated heterocycles. The van der Waals surface area contributed by atoms with Crippen molar-refractivity contribution in [1.82, 2.24) is 10.3 Å². The number of H-pyrrole nitrogens is 1. The molecule has 1 aromatic rings. The quantitative estimate of drug-likeness (QED) is 0.605. The molecule has 68 valence electrons. The third-order valence-corrected chi connectivity index (χ3v) is 1.10. The van der Waals surface area contributed by atoms with Gasteiger partial charge >= 0.3 is 5.56 Å². The summed E-state index contributed by atoms with van der Waals surface area (Å²) < 4.78 is 4.03. The van der Waals surface area contributed by atoms with Crippen LogP contribution < -0.4 is 5.56 Å². The zero-order valence-corrected chi connectivity index (χ0v) is 6.64. The van der Waals surface area contributed by atoms with Crippen LogP contribution in [0.3, 0.4) is 0 Å². The summed E-state index contributed by atoms with van der Waals surface area (Å²) in [7, 11) is 0. The number of aromatic amines is 1. The van der Waals surface area contributed by atoms with Crippen molar-refractivity contribution < 1.29 is 9.42 Å². The van der Waals surface area contributed by atoms with Gasteiger partial charge in [-0.2, -0.15) is 5.16 Å². The smallest absolute Gasteiger partial charge is 0.293 e. The molecule has 1 aliphatic heterocycles. The van der Waals surface area contributed by atoms with Crippen LogP contribution >= 0.6 is 0 Å². The molecular weight excluding hydrogens is 174 g/mol. The number of allylic oxidation sites excluding steroid dienone is 1. The molecule has 0 unspecified atom stereocenters. The molecule has 2 rings (SSSR count). The molecule has 1 N–H and O–H groups in total. The topological polar surface area (TPSA) is 88.3 Å². The van der Waals surface area contributed by atoms with Crippen molar-refractivity contribution in [2.24, 2.45) is 4.99 Å². The fraction of sp³-hybridized carbons (Fsp3) is 0.143. The summed E-state index contributed by atoms with van der Waals surface area (Å²) in [5.74, 6) is 0.0856. The zero-order valence-electron chi connectivity index (χ0n) is 6.64. The molecule has 2 heterocycles. The van der Waals surface area contributed by atoms with Crippen molar-refractivity contribution in [3.05, 3.63) is 28.8 Å². The SMILES string of the molecule is O=C1C=NC=CC1.O=c1cno[nH]1. The molecule has 6 heteroatoms. The first-order valence-corrected chi connectivity index (χ1v) is 3.49. The number of carbonyl (C=O) groups excluding carboxylic acids is 1. The molecule has 13 heavy (non-hydrogen) atoms. The average molecular weight is 181 g/mol.